The van der Waals surface area contributed by atoms with Gasteiger partial charge in [-0.15, -0.1) is 0 Å². The van der Waals surface area contributed by atoms with Crippen LogP contribution in [0.1, 0.15) is 36.6 Å². The van der Waals surface area contributed by atoms with E-state index in [2.05, 4.69) is 5.32 Å². The molecule has 1 amide bonds. The molecule has 0 saturated carbocycles. The van der Waals surface area contributed by atoms with Crippen LogP contribution in [-0.4, -0.2) is 17.1 Å². The second kappa shape index (κ2) is 5.61. The summed E-state index contributed by atoms with van der Waals surface area (Å²) in [6.45, 7) is 4.33. The first-order valence-corrected chi connectivity index (χ1v) is 5.75. The first-order valence-electron chi connectivity index (χ1n) is 5.75. The minimum Gasteiger partial charge on any atom is -0.386 e. The van der Waals surface area contributed by atoms with Gasteiger partial charge in [-0.2, -0.15) is 13.2 Å². The SMILES string of the molecule is CC(=O)N[C@@H](C)[C@H](O)c1cc(C)cc(C(F)(F)F)c1. The average molecular weight is 275 g/mol. The molecule has 0 aromatic heterocycles. The highest BCUT2D eigenvalue weighted by molar-refractivity contribution is 5.73. The Morgan fingerprint density at radius 1 is 1.32 bits per heavy atom. The molecule has 0 spiro atoms. The second-order valence-electron chi connectivity index (χ2n) is 4.56. The van der Waals surface area contributed by atoms with E-state index in [9.17, 15) is 23.1 Å². The van der Waals surface area contributed by atoms with Crippen LogP contribution in [0.3, 0.4) is 0 Å². The van der Waals surface area contributed by atoms with E-state index in [0.717, 1.165) is 12.1 Å². The van der Waals surface area contributed by atoms with E-state index in [4.69, 9.17) is 0 Å². The van der Waals surface area contributed by atoms with E-state index >= 15 is 0 Å². The van der Waals surface area contributed by atoms with E-state index in [1.54, 1.807) is 0 Å². The molecule has 1 aromatic carbocycles. The van der Waals surface area contributed by atoms with Crippen LogP contribution in [0.4, 0.5) is 13.2 Å². The Kier molecular flexibility index (Phi) is 4.57. The van der Waals surface area contributed by atoms with Gasteiger partial charge in [-0.1, -0.05) is 11.6 Å². The van der Waals surface area contributed by atoms with Crippen molar-refractivity contribution < 1.29 is 23.1 Å². The van der Waals surface area contributed by atoms with E-state index < -0.39 is 23.9 Å². The number of carbonyl (C=O) groups is 1. The van der Waals surface area contributed by atoms with E-state index in [0.29, 0.717) is 5.56 Å². The molecular weight excluding hydrogens is 259 g/mol. The van der Waals surface area contributed by atoms with Crippen LogP contribution in [0.25, 0.3) is 0 Å². The number of hydrogen-bond acceptors (Lipinski definition) is 2. The molecule has 0 bridgehead atoms. The van der Waals surface area contributed by atoms with Gasteiger partial charge in [0.05, 0.1) is 17.7 Å². The average Bonchev–Trinajstić information content (AvgIpc) is 2.25. The van der Waals surface area contributed by atoms with Gasteiger partial charge in [-0.25, -0.2) is 0 Å². The summed E-state index contributed by atoms with van der Waals surface area (Å²) in [5, 5.41) is 12.4. The standard InChI is InChI=1S/C13H16F3NO2/c1-7-4-10(6-11(5-7)13(14,15)16)12(19)8(2)17-9(3)18/h4-6,8,12,19H,1-3H3,(H,17,18)/t8-,12-/m0/s1. The van der Waals surface area contributed by atoms with Crippen molar-refractivity contribution in [3.05, 3.63) is 34.9 Å². The maximum Gasteiger partial charge on any atom is 0.416 e. The fourth-order valence-corrected chi connectivity index (χ4v) is 1.84. The Labute approximate surface area is 109 Å². The number of rotatable bonds is 3. The molecular formula is C13H16F3NO2. The summed E-state index contributed by atoms with van der Waals surface area (Å²) in [7, 11) is 0. The summed E-state index contributed by atoms with van der Waals surface area (Å²) in [4.78, 5) is 10.9. The normalized spacial score (nSPS) is 14.9. The fourth-order valence-electron chi connectivity index (χ4n) is 1.84. The van der Waals surface area contributed by atoms with Gasteiger partial charge < -0.3 is 10.4 Å². The molecule has 2 atom stereocenters. The molecule has 3 nitrogen and oxygen atoms in total. The monoisotopic (exact) mass is 275 g/mol. The van der Waals surface area contributed by atoms with Gasteiger partial charge in [0.25, 0.3) is 0 Å². The highest BCUT2D eigenvalue weighted by atomic mass is 19.4. The summed E-state index contributed by atoms with van der Waals surface area (Å²) < 4.78 is 38.0. The first kappa shape index (κ1) is 15.5. The molecule has 0 saturated heterocycles. The van der Waals surface area contributed by atoms with Crippen LogP contribution in [0.15, 0.2) is 18.2 Å². The number of halogens is 3. The zero-order chi connectivity index (χ0) is 14.8. The third-order valence-corrected chi connectivity index (χ3v) is 2.67. The fraction of sp³-hybridized carbons (Fsp3) is 0.462. The molecule has 106 valence electrons. The van der Waals surface area contributed by atoms with Gasteiger partial charge >= 0.3 is 6.18 Å². The number of benzene rings is 1. The van der Waals surface area contributed by atoms with Crippen LogP contribution in [0, 0.1) is 6.92 Å². The Hall–Kier alpha value is -1.56. The zero-order valence-electron chi connectivity index (χ0n) is 10.9. The van der Waals surface area contributed by atoms with Gasteiger partial charge in [0, 0.05) is 6.92 Å². The van der Waals surface area contributed by atoms with Crippen LogP contribution in [0.5, 0.6) is 0 Å². The number of aliphatic hydroxyl groups is 1. The predicted octanol–water partition coefficient (Wildman–Crippen LogP) is 2.57. The molecule has 0 aliphatic carbocycles. The molecule has 6 heteroatoms. The van der Waals surface area contributed by atoms with Gasteiger partial charge in [-0.05, 0) is 31.5 Å². The maximum atomic E-state index is 12.7. The van der Waals surface area contributed by atoms with Crippen LogP contribution in [-0.2, 0) is 11.0 Å². The molecule has 2 N–H and O–H groups in total. The van der Waals surface area contributed by atoms with Crippen molar-refractivity contribution in [3.8, 4) is 0 Å². The summed E-state index contributed by atoms with van der Waals surface area (Å²) >= 11 is 0. The number of nitrogens with one attached hydrogen (secondary N) is 1. The summed E-state index contributed by atoms with van der Waals surface area (Å²) in [6.07, 6.45) is -5.65. The van der Waals surface area contributed by atoms with Gasteiger partial charge in [0.15, 0.2) is 0 Å². The molecule has 0 aliphatic heterocycles. The highest BCUT2D eigenvalue weighted by Crippen LogP contribution is 2.32. The first-order chi connectivity index (χ1) is 8.61. The number of amides is 1. The van der Waals surface area contributed by atoms with Gasteiger partial charge in [0.1, 0.15) is 0 Å². The minimum atomic E-state index is -4.46. The zero-order valence-corrected chi connectivity index (χ0v) is 10.9. The van der Waals surface area contributed by atoms with E-state index in [1.807, 2.05) is 0 Å². The third kappa shape index (κ3) is 4.24. The quantitative estimate of drug-likeness (QED) is 0.890. The lowest BCUT2D eigenvalue weighted by atomic mass is 9.98. The second-order valence-corrected chi connectivity index (χ2v) is 4.56. The largest absolute Gasteiger partial charge is 0.416 e. The number of carbonyl (C=O) groups excluding carboxylic acids is 1. The molecule has 0 fully saturated rings. The lowest BCUT2D eigenvalue weighted by molar-refractivity contribution is -0.137. The molecule has 1 rings (SSSR count). The highest BCUT2D eigenvalue weighted by Gasteiger charge is 2.32. The van der Waals surface area contributed by atoms with Crippen molar-refractivity contribution >= 4 is 5.91 Å². The minimum absolute atomic E-state index is 0.133. The molecule has 0 heterocycles. The van der Waals surface area contributed by atoms with Crippen molar-refractivity contribution in [2.45, 2.75) is 39.1 Å². The molecule has 19 heavy (non-hydrogen) atoms. The van der Waals surface area contributed by atoms with E-state index in [-0.39, 0.29) is 11.5 Å². The lowest BCUT2D eigenvalue weighted by Crippen LogP contribution is -2.35. The molecule has 0 aliphatic rings. The maximum absolute atomic E-state index is 12.7. The Balaban J connectivity index is 3.06. The van der Waals surface area contributed by atoms with Crippen LogP contribution >= 0.6 is 0 Å². The summed E-state index contributed by atoms with van der Waals surface area (Å²) in [6, 6.07) is 2.72. The smallest absolute Gasteiger partial charge is 0.386 e. The molecule has 0 radical (unpaired) electrons. The molecule has 1 aromatic rings. The molecule has 0 unspecified atom stereocenters. The van der Waals surface area contributed by atoms with Gasteiger partial charge in [-0.3, -0.25) is 4.79 Å². The predicted molar refractivity (Wildman–Crippen MR) is 64.4 cm³/mol. The van der Waals surface area contributed by atoms with E-state index in [1.165, 1.54) is 26.8 Å². The van der Waals surface area contributed by atoms with Crippen molar-refractivity contribution in [1.29, 1.82) is 0 Å². The van der Waals surface area contributed by atoms with Crippen molar-refractivity contribution in [2.24, 2.45) is 0 Å². The topological polar surface area (TPSA) is 49.3 Å². The van der Waals surface area contributed by atoms with Crippen LogP contribution < -0.4 is 5.32 Å². The Bertz CT molecular complexity index is 471. The summed E-state index contributed by atoms with van der Waals surface area (Å²) in [5.74, 6) is -0.352. The Morgan fingerprint density at radius 2 is 1.89 bits per heavy atom. The number of hydrogen-bond donors (Lipinski definition) is 2. The van der Waals surface area contributed by atoms with Gasteiger partial charge in [0.2, 0.25) is 5.91 Å². The van der Waals surface area contributed by atoms with Crippen molar-refractivity contribution in [2.75, 3.05) is 0 Å². The van der Waals surface area contributed by atoms with Crippen LogP contribution in [0.2, 0.25) is 0 Å². The number of aryl methyl sites for hydroxylation is 1. The van der Waals surface area contributed by atoms with Crippen molar-refractivity contribution in [1.82, 2.24) is 5.32 Å². The number of aliphatic hydroxyl groups excluding tert-OH is 1. The Morgan fingerprint density at radius 3 is 2.37 bits per heavy atom. The third-order valence-electron chi connectivity index (χ3n) is 2.67. The number of alkyl halides is 3. The lowest BCUT2D eigenvalue weighted by Gasteiger charge is -2.21. The van der Waals surface area contributed by atoms with Crippen molar-refractivity contribution in [3.63, 3.8) is 0 Å². The summed E-state index contributed by atoms with van der Waals surface area (Å²) in [5.41, 5.74) is -0.274.